The third-order valence-electron chi connectivity index (χ3n) is 3.39. The summed E-state index contributed by atoms with van der Waals surface area (Å²) in [6, 6.07) is 10.2. The SMILES string of the molecule is Nc1ccc(-n2cccc(C(=O)Nc3ccncc3)c2=O)cc1F. The third-order valence-corrected chi connectivity index (χ3v) is 3.39. The van der Waals surface area contributed by atoms with Crippen LogP contribution in [0.5, 0.6) is 0 Å². The van der Waals surface area contributed by atoms with Crippen LogP contribution in [0.15, 0.2) is 65.8 Å². The first kappa shape index (κ1) is 15.4. The zero-order valence-electron chi connectivity index (χ0n) is 12.4. The van der Waals surface area contributed by atoms with Gasteiger partial charge in [-0.15, -0.1) is 0 Å². The maximum atomic E-state index is 13.6. The highest BCUT2D eigenvalue weighted by Gasteiger charge is 2.13. The van der Waals surface area contributed by atoms with Crippen molar-refractivity contribution in [2.75, 3.05) is 11.1 Å². The first-order valence-electron chi connectivity index (χ1n) is 7.05. The Labute approximate surface area is 136 Å². The molecule has 2 aromatic heterocycles. The summed E-state index contributed by atoms with van der Waals surface area (Å²) in [5, 5.41) is 2.61. The molecule has 0 atom stereocenters. The number of nitrogens with one attached hydrogen (secondary N) is 1. The molecule has 3 rings (SSSR count). The zero-order valence-corrected chi connectivity index (χ0v) is 12.4. The van der Waals surface area contributed by atoms with Crippen molar-refractivity contribution in [3.63, 3.8) is 0 Å². The number of carbonyl (C=O) groups excluding carboxylic acids is 1. The molecular formula is C17H13FN4O2. The number of pyridine rings is 2. The lowest BCUT2D eigenvalue weighted by atomic mass is 10.2. The van der Waals surface area contributed by atoms with Crippen molar-refractivity contribution in [3.8, 4) is 5.69 Å². The van der Waals surface area contributed by atoms with Gasteiger partial charge in [0.05, 0.1) is 11.4 Å². The number of amides is 1. The van der Waals surface area contributed by atoms with E-state index in [1.165, 1.54) is 47.4 Å². The first-order valence-corrected chi connectivity index (χ1v) is 7.05. The smallest absolute Gasteiger partial charge is 0.267 e. The molecule has 2 heterocycles. The fourth-order valence-electron chi connectivity index (χ4n) is 2.17. The monoisotopic (exact) mass is 324 g/mol. The molecule has 0 bridgehead atoms. The van der Waals surface area contributed by atoms with Gasteiger partial charge in [0.2, 0.25) is 0 Å². The molecule has 120 valence electrons. The van der Waals surface area contributed by atoms with E-state index in [2.05, 4.69) is 10.3 Å². The lowest BCUT2D eigenvalue weighted by Gasteiger charge is -2.09. The summed E-state index contributed by atoms with van der Waals surface area (Å²) in [4.78, 5) is 28.7. The van der Waals surface area contributed by atoms with Crippen LogP contribution in [0.3, 0.4) is 0 Å². The van der Waals surface area contributed by atoms with E-state index in [0.29, 0.717) is 5.69 Å². The Hall–Kier alpha value is -3.48. The molecule has 0 spiro atoms. The van der Waals surface area contributed by atoms with Crippen molar-refractivity contribution in [1.29, 1.82) is 0 Å². The van der Waals surface area contributed by atoms with Crippen molar-refractivity contribution in [2.45, 2.75) is 0 Å². The van der Waals surface area contributed by atoms with Gasteiger partial charge in [-0.05, 0) is 36.4 Å². The number of nitrogens with two attached hydrogens (primary N) is 1. The Bertz CT molecular complexity index is 954. The second kappa shape index (κ2) is 6.33. The molecule has 0 aliphatic rings. The summed E-state index contributed by atoms with van der Waals surface area (Å²) in [6.07, 6.45) is 4.50. The topological polar surface area (TPSA) is 90.0 Å². The number of hydrogen-bond acceptors (Lipinski definition) is 4. The molecule has 1 aromatic carbocycles. The molecule has 0 saturated heterocycles. The second-order valence-corrected chi connectivity index (χ2v) is 4.99. The molecule has 3 N–H and O–H groups in total. The van der Waals surface area contributed by atoms with Crippen LogP contribution in [0.25, 0.3) is 5.69 Å². The maximum absolute atomic E-state index is 13.6. The van der Waals surface area contributed by atoms with E-state index in [1.54, 1.807) is 12.1 Å². The Morgan fingerprint density at radius 3 is 2.62 bits per heavy atom. The van der Waals surface area contributed by atoms with E-state index in [-0.39, 0.29) is 16.9 Å². The lowest BCUT2D eigenvalue weighted by Crippen LogP contribution is -2.27. The predicted octanol–water partition coefficient (Wildman–Crippen LogP) is 2.21. The van der Waals surface area contributed by atoms with E-state index >= 15 is 0 Å². The maximum Gasteiger partial charge on any atom is 0.267 e. The highest BCUT2D eigenvalue weighted by Crippen LogP contribution is 2.14. The third kappa shape index (κ3) is 3.00. The van der Waals surface area contributed by atoms with Gasteiger partial charge in [-0.25, -0.2) is 4.39 Å². The summed E-state index contributed by atoms with van der Waals surface area (Å²) < 4.78 is 14.8. The first-order chi connectivity index (χ1) is 11.6. The van der Waals surface area contributed by atoms with Crippen LogP contribution >= 0.6 is 0 Å². The molecule has 0 fully saturated rings. The van der Waals surface area contributed by atoms with Crippen molar-refractivity contribution >= 4 is 17.3 Å². The largest absolute Gasteiger partial charge is 0.396 e. The molecular weight excluding hydrogens is 311 g/mol. The zero-order chi connectivity index (χ0) is 17.1. The van der Waals surface area contributed by atoms with Gasteiger partial charge in [0.15, 0.2) is 0 Å². The fraction of sp³-hybridized carbons (Fsp3) is 0. The molecule has 6 nitrogen and oxygen atoms in total. The molecule has 0 aliphatic carbocycles. The molecule has 0 saturated carbocycles. The van der Waals surface area contributed by atoms with Crippen LogP contribution in [0.1, 0.15) is 10.4 Å². The summed E-state index contributed by atoms with van der Waals surface area (Å²) in [5.74, 6) is -1.19. The predicted molar refractivity (Wildman–Crippen MR) is 88.6 cm³/mol. The highest BCUT2D eigenvalue weighted by molar-refractivity contribution is 6.03. The van der Waals surface area contributed by atoms with Gasteiger partial charge in [0.1, 0.15) is 11.4 Å². The standard InChI is InChI=1S/C17H13FN4O2/c18-14-10-12(3-4-15(14)19)22-9-1-2-13(17(22)24)16(23)21-11-5-7-20-8-6-11/h1-10H,19H2,(H,20,21,23). The molecule has 0 radical (unpaired) electrons. The average molecular weight is 324 g/mol. The Morgan fingerprint density at radius 2 is 1.92 bits per heavy atom. The Kier molecular flexibility index (Phi) is 4.07. The van der Waals surface area contributed by atoms with Crippen molar-refractivity contribution in [1.82, 2.24) is 9.55 Å². The molecule has 1 amide bonds. The van der Waals surface area contributed by atoms with E-state index in [4.69, 9.17) is 5.73 Å². The molecule has 0 unspecified atom stereocenters. The lowest BCUT2D eigenvalue weighted by molar-refractivity contribution is 0.102. The van der Waals surface area contributed by atoms with Crippen LogP contribution < -0.4 is 16.6 Å². The number of nitrogens with zero attached hydrogens (tertiary/aromatic N) is 2. The van der Waals surface area contributed by atoms with Crippen LogP contribution in [0.4, 0.5) is 15.8 Å². The van der Waals surface area contributed by atoms with Gasteiger partial charge in [-0.1, -0.05) is 0 Å². The molecule has 24 heavy (non-hydrogen) atoms. The summed E-state index contributed by atoms with van der Waals surface area (Å²) in [6.45, 7) is 0. The van der Waals surface area contributed by atoms with Crippen LogP contribution in [-0.2, 0) is 0 Å². The van der Waals surface area contributed by atoms with Crippen LogP contribution in [0.2, 0.25) is 0 Å². The number of benzene rings is 1. The van der Waals surface area contributed by atoms with Crippen molar-refractivity contribution in [3.05, 3.63) is 82.8 Å². The van der Waals surface area contributed by atoms with E-state index in [9.17, 15) is 14.0 Å². The average Bonchev–Trinajstić information content (AvgIpc) is 2.58. The van der Waals surface area contributed by atoms with Crippen molar-refractivity contribution < 1.29 is 9.18 Å². The minimum atomic E-state index is -0.633. The molecule has 7 heteroatoms. The van der Waals surface area contributed by atoms with E-state index < -0.39 is 17.3 Å². The normalized spacial score (nSPS) is 10.4. The van der Waals surface area contributed by atoms with Crippen LogP contribution in [-0.4, -0.2) is 15.5 Å². The van der Waals surface area contributed by atoms with E-state index in [1.807, 2.05) is 0 Å². The molecule has 0 aliphatic heterocycles. The van der Waals surface area contributed by atoms with Gasteiger partial charge in [-0.2, -0.15) is 0 Å². The van der Waals surface area contributed by atoms with Gasteiger partial charge in [-0.3, -0.25) is 19.1 Å². The second-order valence-electron chi connectivity index (χ2n) is 4.99. The summed E-state index contributed by atoms with van der Waals surface area (Å²) in [7, 11) is 0. The Morgan fingerprint density at radius 1 is 1.17 bits per heavy atom. The van der Waals surface area contributed by atoms with Gasteiger partial charge < -0.3 is 11.1 Å². The number of carbonyl (C=O) groups is 1. The number of aromatic nitrogens is 2. The number of hydrogen-bond donors (Lipinski definition) is 2. The van der Waals surface area contributed by atoms with E-state index in [0.717, 1.165) is 6.07 Å². The minimum absolute atomic E-state index is 0.0154. The van der Waals surface area contributed by atoms with Gasteiger partial charge >= 0.3 is 0 Å². The molecule has 3 aromatic rings. The van der Waals surface area contributed by atoms with Gasteiger partial charge in [0.25, 0.3) is 11.5 Å². The number of anilines is 2. The quantitative estimate of drug-likeness (QED) is 0.723. The minimum Gasteiger partial charge on any atom is -0.396 e. The number of nitrogen functional groups attached to an aromatic ring is 1. The Balaban J connectivity index is 1.98. The fourth-order valence-corrected chi connectivity index (χ4v) is 2.17. The highest BCUT2D eigenvalue weighted by atomic mass is 19.1. The number of rotatable bonds is 3. The van der Waals surface area contributed by atoms with Gasteiger partial charge in [0, 0.05) is 30.3 Å². The van der Waals surface area contributed by atoms with Crippen molar-refractivity contribution in [2.24, 2.45) is 0 Å². The summed E-state index contributed by atoms with van der Waals surface area (Å²) in [5.41, 5.74) is 5.60. The number of halogens is 1. The summed E-state index contributed by atoms with van der Waals surface area (Å²) >= 11 is 0. The van der Waals surface area contributed by atoms with Crippen LogP contribution in [0, 0.1) is 5.82 Å².